The van der Waals surface area contributed by atoms with Crippen LogP contribution in [0.5, 0.6) is 0 Å². The molecule has 1 aromatic carbocycles. The number of rotatable bonds is 5. The lowest BCUT2D eigenvalue weighted by atomic mass is 10.1. The van der Waals surface area contributed by atoms with Crippen molar-refractivity contribution in [2.75, 3.05) is 11.4 Å². The highest BCUT2D eigenvalue weighted by Gasteiger charge is 2.21. The van der Waals surface area contributed by atoms with Gasteiger partial charge in [0.05, 0.1) is 0 Å². The van der Waals surface area contributed by atoms with Crippen LogP contribution < -0.4 is 10.2 Å². The topological polar surface area (TPSA) is 49.4 Å². The summed E-state index contributed by atoms with van der Waals surface area (Å²) >= 11 is 0. The first-order valence-corrected chi connectivity index (χ1v) is 8.05. The molecule has 3 rings (SSSR count). The third-order valence-electron chi connectivity index (χ3n) is 4.37. The maximum absolute atomic E-state index is 11.9. The van der Waals surface area contributed by atoms with Crippen molar-refractivity contribution in [1.29, 1.82) is 0 Å². The molecule has 22 heavy (non-hydrogen) atoms. The van der Waals surface area contributed by atoms with E-state index in [2.05, 4.69) is 17.5 Å². The first kappa shape index (κ1) is 14.8. The normalized spacial score (nSPS) is 20.6. The molecule has 116 valence electrons. The Hall–Kier alpha value is -2.10. The van der Waals surface area contributed by atoms with Crippen LogP contribution in [-0.4, -0.2) is 18.4 Å². The van der Waals surface area contributed by atoms with Crippen LogP contribution in [0.3, 0.4) is 0 Å². The predicted molar refractivity (Wildman–Crippen MR) is 86.4 cm³/mol. The van der Waals surface area contributed by atoms with Crippen LogP contribution in [0, 0.1) is 5.92 Å². The van der Waals surface area contributed by atoms with Crippen molar-refractivity contribution in [2.24, 2.45) is 5.92 Å². The van der Waals surface area contributed by atoms with E-state index in [0.29, 0.717) is 25.3 Å². The van der Waals surface area contributed by atoms with E-state index < -0.39 is 0 Å². The van der Waals surface area contributed by atoms with E-state index in [1.54, 1.807) is 0 Å². The number of anilines is 1. The summed E-state index contributed by atoms with van der Waals surface area (Å²) in [4.78, 5) is 25.4. The maximum Gasteiger partial charge on any atom is 0.227 e. The van der Waals surface area contributed by atoms with Crippen LogP contribution in [0.4, 0.5) is 5.69 Å². The van der Waals surface area contributed by atoms with Gasteiger partial charge < -0.3 is 10.2 Å². The number of allylic oxidation sites excluding steroid dienone is 2. The summed E-state index contributed by atoms with van der Waals surface area (Å²) in [5.41, 5.74) is 2.01. The molecule has 1 aliphatic heterocycles. The Morgan fingerprint density at radius 3 is 2.73 bits per heavy atom. The number of hydrogen-bond acceptors (Lipinski definition) is 2. The fourth-order valence-corrected chi connectivity index (χ4v) is 3.09. The number of benzene rings is 1. The molecule has 0 unspecified atom stereocenters. The van der Waals surface area contributed by atoms with Gasteiger partial charge in [-0.2, -0.15) is 0 Å². The largest absolute Gasteiger partial charge is 0.352 e. The van der Waals surface area contributed by atoms with Crippen LogP contribution in [0.1, 0.15) is 37.7 Å². The van der Waals surface area contributed by atoms with Gasteiger partial charge in [-0.3, -0.25) is 9.59 Å². The molecule has 1 N–H and O–H groups in total. The molecule has 4 nitrogen and oxygen atoms in total. The van der Waals surface area contributed by atoms with Crippen molar-refractivity contribution in [3.8, 4) is 0 Å². The van der Waals surface area contributed by atoms with Gasteiger partial charge in [-0.25, -0.2) is 0 Å². The first-order chi connectivity index (χ1) is 10.7. The Morgan fingerprint density at radius 2 is 2.09 bits per heavy atom. The van der Waals surface area contributed by atoms with Crippen LogP contribution in [0.15, 0.2) is 36.4 Å². The molecule has 1 aliphatic carbocycles. The SMILES string of the molecule is O=C(C[C@@H]1C=CCC1)NCc1ccc(N2CCCC2=O)cc1. The van der Waals surface area contributed by atoms with Gasteiger partial charge in [-0.1, -0.05) is 24.3 Å². The molecule has 0 saturated carbocycles. The fourth-order valence-electron chi connectivity index (χ4n) is 3.09. The van der Waals surface area contributed by atoms with Crippen molar-refractivity contribution in [3.05, 3.63) is 42.0 Å². The zero-order chi connectivity index (χ0) is 15.4. The third-order valence-corrected chi connectivity index (χ3v) is 4.37. The predicted octanol–water partition coefficient (Wildman–Crippen LogP) is 2.79. The molecule has 0 spiro atoms. The van der Waals surface area contributed by atoms with Crippen LogP contribution >= 0.6 is 0 Å². The van der Waals surface area contributed by atoms with Gasteiger partial charge in [0.2, 0.25) is 11.8 Å². The Morgan fingerprint density at radius 1 is 1.27 bits per heavy atom. The molecule has 1 heterocycles. The molecule has 1 aromatic rings. The summed E-state index contributed by atoms with van der Waals surface area (Å²) < 4.78 is 0. The van der Waals surface area contributed by atoms with Crippen LogP contribution in [-0.2, 0) is 16.1 Å². The zero-order valence-electron chi connectivity index (χ0n) is 12.8. The Balaban J connectivity index is 1.49. The molecular formula is C18H22N2O2. The van der Waals surface area contributed by atoms with Gasteiger partial charge in [0.25, 0.3) is 0 Å². The first-order valence-electron chi connectivity index (χ1n) is 8.05. The summed E-state index contributed by atoms with van der Waals surface area (Å²) in [5, 5.41) is 2.97. The molecule has 1 atom stereocenters. The summed E-state index contributed by atoms with van der Waals surface area (Å²) in [6.07, 6.45) is 8.63. The van der Waals surface area contributed by atoms with E-state index in [1.165, 1.54) is 0 Å². The van der Waals surface area contributed by atoms with E-state index >= 15 is 0 Å². The van der Waals surface area contributed by atoms with Crippen molar-refractivity contribution < 1.29 is 9.59 Å². The lowest BCUT2D eigenvalue weighted by Gasteiger charge is -2.16. The number of nitrogens with one attached hydrogen (secondary N) is 1. The van der Waals surface area contributed by atoms with Crippen LogP contribution in [0.2, 0.25) is 0 Å². The second-order valence-corrected chi connectivity index (χ2v) is 6.06. The Labute approximate surface area is 131 Å². The minimum Gasteiger partial charge on any atom is -0.352 e. The molecule has 0 radical (unpaired) electrons. The van der Waals surface area contributed by atoms with Crippen LogP contribution in [0.25, 0.3) is 0 Å². The van der Waals surface area contributed by atoms with Gasteiger partial charge >= 0.3 is 0 Å². The van der Waals surface area contributed by atoms with E-state index in [9.17, 15) is 9.59 Å². The van der Waals surface area contributed by atoms with Crippen molar-refractivity contribution in [2.45, 2.75) is 38.6 Å². The summed E-state index contributed by atoms with van der Waals surface area (Å²) in [6.45, 7) is 1.35. The number of carbonyl (C=O) groups is 2. The van der Waals surface area contributed by atoms with E-state index in [1.807, 2.05) is 29.2 Å². The highest BCUT2D eigenvalue weighted by Crippen LogP contribution is 2.22. The fraction of sp³-hybridized carbons (Fsp3) is 0.444. The number of amides is 2. The minimum absolute atomic E-state index is 0.107. The van der Waals surface area contributed by atoms with Crippen molar-refractivity contribution in [1.82, 2.24) is 5.32 Å². The second-order valence-electron chi connectivity index (χ2n) is 6.06. The average Bonchev–Trinajstić information content (AvgIpc) is 3.17. The van der Waals surface area contributed by atoms with E-state index in [-0.39, 0.29) is 11.8 Å². The molecule has 1 saturated heterocycles. The Bertz CT molecular complexity index is 577. The van der Waals surface area contributed by atoms with Gasteiger partial charge in [-0.05, 0) is 42.9 Å². The van der Waals surface area contributed by atoms with Gasteiger partial charge in [0.1, 0.15) is 0 Å². The van der Waals surface area contributed by atoms with Gasteiger partial charge in [0, 0.05) is 31.6 Å². The zero-order valence-corrected chi connectivity index (χ0v) is 12.8. The number of nitrogens with zero attached hydrogens (tertiary/aromatic N) is 1. The highest BCUT2D eigenvalue weighted by atomic mass is 16.2. The van der Waals surface area contributed by atoms with Gasteiger partial charge in [0.15, 0.2) is 0 Å². The molecular weight excluding hydrogens is 276 g/mol. The summed E-state index contributed by atoms with van der Waals surface area (Å²) in [5.74, 6) is 0.713. The van der Waals surface area contributed by atoms with Crippen molar-refractivity contribution >= 4 is 17.5 Å². The quantitative estimate of drug-likeness (QED) is 0.850. The number of hydrogen-bond donors (Lipinski definition) is 1. The monoisotopic (exact) mass is 298 g/mol. The summed E-state index contributed by atoms with van der Waals surface area (Å²) in [6, 6.07) is 7.89. The molecule has 1 fully saturated rings. The molecule has 2 aliphatic rings. The van der Waals surface area contributed by atoms with E-state index in [0.717, 1.165) is 37.1 Å². The minimum atomic E-state index is 0.107. The van der Waals surface area contributed by atoms with Crippen molar-refractivity contribution in [3.63, 3.8) is 0 Å². The standard InChI is InChI=1S/C18H22N2O2/c21-17(12-14-4-1-2-5-14)19-13-15-7-9-16(10-8-15)20-11-3-6-18(20)22/h1,4,7-10,14H,2-3,5-6,11-13H2,(H,19,21)/t14-/m1/s1. The molecule has 2 amide bonds. The third kappa shape index (κ3) is 3.56. The molecule has 0 bridgehead atoms. The lowest BCUT2D eigenvalue weighted by Crippen LogP contribution is -2.25. The highest BCUT2D eigenvalue weighted by molar-refractivity contribution is 5.95. The molecule has 0 aromatic heterocycles. The van der Waals surface area contributed by atoms with Gasteiger partial charge in [-0.15, -0.1) is 0 Å². The van der Waals surface area contributed by atoms with E-state index in [4.69, 9.17) is 0 Å². The Kier molecular flexibility index (Phi) is 4.56. The smallest absolute Gasteiger partial charge is 0.227 e. The average molecular weight is 298 g/mol. The molecule has 4 heteroatoms. The maximum atomic E-state index is 11.9. The summed E-state index contributed by atoms with van der Waals surface area (Å²) in [7, 11) is 0. The number of carbonyl (C=O) groups excluding carboxylic acids is 2. The lowest BCUT2D eigenvalue weighted by molar-refractivity contribution is -0.122. The second kappa shape index (κ2) is 6.77.